The molecule has 1 aromatic rings. The van der Waals surface area contributed by atoms with E-state index in [9.17, 15) is 9.59 Å². The number of piperidine rings is 1. The zero-order valence-corrected chi connectivity index (χ0v) is 16.0. The minimum Gasteiger partial charge on any atom is -0.497 e. The molecule has 1 aliphatic heterocycles. The highest BCUT2D eigenvalue weighted by molar-refractivity contribution is 5.81. The standard InChI is InChI=1S/C19H29N3O4/c1-5-20-18(23)14-7-6-10-22(12-14)19(24)21-13(2)16-11-15(25-3)8-9-17(16)26-4/h8-9,11,13-14H,5-7,10,12H2,1-4H3,(H,20,23)(H,21,24)/t13-,14+/m0/s1. The Hall–Kier alpha value is -2.44. The Kier molecular flexibility index (Phi) is 7.12. The van der Waals surface area contributed by atoms with Crippen molar-refractivity contribution in [1.29, 1.82) is 0 Å². The largest absolute Gasteiger partial charge is 0.497 e. The van der Waals surface area contributed by atoms with Crippen molar-refractivity contribution in [2.75, 3.05) is 33.9 Å². The van der Waals surface area contributed by atoms with Crippen molar-refractivity contribution in [2.45, 2.75) is 32.7 Å². The molecule has 1 heterocycles. The van der Waals surface area contributed by atoms with Crippen molar-refractivity contribution in [2.24, 2.45) is 5.92 Å². The molecule has 7 heteroatoms. The van der Waals surface area contributed by atoms with E-state index in [-0.39, 0.29) is 23.9 Å². The van der Waals surface area contributed by atoms with Gasteiger partial charge in [-0.05, 0) is 44.9 Å². The summed E-state index contributed by atoms with van der Waals surface area (Å²) < 4.78 is 10.7. The molecule has 0 aromatic heterocycles. The molecule has 144 valence electrons. The molecule has 7 nitrogen and oxygen atoms in total. The highest BCUT2D eigenvalue weighted by atomic mass is 16.5. The van der Waals surface area contributed by atoms with Gasteiger partial charge in [0, 0.05) is 25.2 Å². The van der Waals surface area contributed by atoms with E-state index in [4.69, 9.17) is 9.47 Å². The first kappa shape index (κ1) is 19.9. The van der Waals surface area contributed by atoms with Crippen molar-refractivity contribution < 1.29 is 19.1 Å². The zero-order chi connectivity index (χ0) is 19.1. The number of rotatable bonds is 6. The highest BCUT2D eigenvalue weighted by Crippen LogP contribution is 2.29. The summed E-state index contributed by atoms with van der Waals surface area (Å²) in [6, 6.07) is 5.08. The summed E-state index contributed by atoms with van der Waals surface area (Å²) in [5.74, 6) is 1.28. The van der Waals surface area contributed by atoms with Gasteiger partial charge in [0.15, 0.2) is 0 Å². The van der Waals surface area contributed by atoms with Crippen molar-refractivity contribution in [3.63, 3.8) is 0 Å². The van der Waals surface area contributed by atoms with Gasteiger partial charge in [0.1, 0.15) is 11.5 Å². The van der Waals surface area contributed by atoms with E-state index in [1.54, 1.807) is 19.1 Å². The summed E-state index contributed by atoms with van der Waals surface area (Å²) in [5, 5.41) is 5.84. The summed E-state index contributed by atoms with van der Waals surface area (Å²) in [5.41, 5.74) is 0.845. The summed E-state index contributed by atoms with van der Waals surface area (Å²) in [6.07, 6.45) is 1.64. The number of carbonyl (C=O) groups is 2. The van der Waals surface area contributed by atoms with Crippen LogP contribution in [-0.2, 0) is 4.79 Å². The number of nitrogens with one attached hydrogen (secondary N) is 2. The van der Waals surface area contributed by atoms with Gasteiger partial charge < -0.3 is 25.0 Å². The molecule has 0 saturated carbocycles. The molecule has 0 bridgehead atoms. The molecule has 3 amide bonds. The Bertz CT molecular complexity index is 635. The first-order valence-electron chi connectivity index (χ1n) is 9.05. The van der Waals surface area contributed by atoms with Crippen LogP contribution in [0.15, 0.2) is 18.2 Å². The Morgan fingerprint density at radius 1 is 1.31 bits per heavy atom. The predicted molar refractivity (Wildman–Crippen MR) is 99.5 cm³/mol. The number of amides is 3. The van der Waals surface area contributed by atoms with E-state index in [1.165, 1.54) is 0 Å². The molecule has 0 radical (unpaired) electrons. The molecule has 0 aliphatic carbocycles. The molecule has 1 aliphatic rings. The van der Waals surface area contributed by atoms with Crippen LogP contribution < -0.4 is 20.1 Å². The van der Waals surface area contributed by atoms with E-state index < -0.39 is 0 Å². The van der Waals surface area contributed by atoms with Gasteiger partial charge in [-0.2, -0.15) is 0 Å². The first-order chi connectivity index (χ1) is 12.5. The molecule has 0 unspecified atom stereocenters. The van der Waals surface area contributed by atoms with Crippen LogP contribution in [0.2, 0.25) is 0 Å². The SMILES string of the molecule is CCNC(=O)[C@@H]1CCCN(C(=O)N[C@@H](C)c2cc(OC)ccc2OC)C1. The van der Waals surface area contributed by atoms with Crippen LogP contribution in [0, 0.1) is 5.92 Å². The summed E-state index contributed by atoms with van der Waals surface area (Å²) in [4.78, 5) is 26.5. The fraction of sp³-hybridized carbons (Fsp3) is 0.579. The second-order valence-corrected chi connectivity index (χ2v) is 6.46. The lowest BCUT2D eigenvalue weighted by molar-refractivity contribution is -0.126. The molecular weight excluding hydrogens is 334 g/mol. The van der Waals surface area contributed by atoms with Gasteiger partial charge in [0.05, 0.1) is 26.2 Å². The number of urea groups is 1. The van der Waals surface area contributed by atoms with Gasteiger partial charge in [-0.25, -0.2) is 4.79 Å². The maximum atomic E-state index is 12.7. The van der Waals surface area contributed by atoms with Crippen LogP contribution in [0.3, 0.4) is 0 Å². The van der Waals surface area contributed by atoms with Gasteiger partial charge >= 0.3 is 6.03 Å². The summed E-state index contributed by atoms with van der Waals surface area (Å²) in [7, 11) is 3.20. The maximum absolute atomic E-state index is 12.7. The van der Waals surface area contributed by atoms with Crippen molar-refractivity contribution in [1.82, 2.24) is 15.5 Å². The molecule has 2 rings (SSSR count). The van der Waals surface area contributed by atoms with E-state index in [2.05, 4.69) is 10.6 Å². The number of nitrogens with zero attached hydrogens (tertiary/aromatic N) is 1. The molecule has 2 atom stereocenters. The number of hydrogen-bond donors (Lipinski definition) is 2. The first-order valence-corrected chi connectivity index (χ1v) is 9.05. The number of methoxy groups -OCH3 is 2. The van der Waals surface area contributed by atoms with Crippen LogP contribution in [-0.4, -0.2) is 50.7 Å². The second kappa shape index (κ2) is 9.31. The highest BCUT2D eigenvalue weighted by Gasteiger charge is 2.29. The quantitative estimate of drug-likeness (QED) is 0.813. The summed E-state index contributed by atoms with van der Waals surface area (Å²) >= 11 is 0. The Labute approximate surface area is 155 Å². The lowest BCUT2D eigenvalue weighted by Gasteiger charge is -2.33. The lowest BCUT2D eigenvalue weighted by Crippen LogP contribution is -2.49. The third-order valence-electron chi connectivity index (χ3n) is 4.67. The predicted octanol–water partition coefficient (Wildman–Crippen LogP) is 2.32. The van der Waals surface area contributed by atoms with Crippen LogP contribution in [0.1, 0.15) is 38.3 Å². The van der Waals surface area contributed by atoms with Crippen molar-refractivity contribution in [3.05, 3.63) is 23.8 Å². The molecule has 1 saturated heterocycles. The monoisotopic (exact) mass is 363 g/mol. The van der Waals surface area contributed by atoms with Gasteiger partial charge in [-0.15, -0.1) is 0 Å². The number of likely N-dealkylation sites (tertiary alicyclic amines) is 1. The lowest BCUT2D eigenvalue weighted by atomic mass is 9.97. The van der Waals surface area contributed by atoms with Gasteiger partial charge in [0.2, 0.25) is 5.91 Å². The number of hydrogen-bond acceptors (Lipinski definition) is 4. The van der Waals surface area contributed by atoms with Gasteiger partial charge in [-0.1, -0.05) is 0 Å². The molecule has 2 N–H and O–H groups in total. The van der Waals surface area contributed by atoms with Crippen LogP contribution in [0.25, 0.3) is 0 Å². The van der Waals surface area contributed by atoms with E-state index in [0.717, 1.165) is 18.4 Å². The van der Waals surface area contributed by atoms with Gasteiger partial charge in [-0.3, -0.25) is 4.79 Å². The number of ether oxygens (including phenoxy) is 2. The normalized spacial score (nSPS) is 18.0. The number of benzene rings is 1. The van der Waals surface area contributed by atoms with E-state index in [0.29, 0.717) is 31.1 Å². The third kappa shape index (κ3) is 4.80. The smallest absolute Gasteiger partial charge is 0.317 e. The maximum Gasteiger partial charge on any atom is 0.317 e. The minimum absolute atomic E-state index is 0.0208. The average molecular weight is 363 g/mol. The summed E-state index contributed by atoms with van der Waals surface area (Å²) in [6.45, 7) is 5.51. The molecule has 1 fully saturated rings. The Morgan fingerprint density at radius 3 is 2.73 bits per heavy atom. The van der Waals surface area contributed by atoms with Crippen LogP contribution in [0.4, 0.5) is 4.79 Å². The third-order valence-corrected chi connectivity index (χ3v) is 4.67. The molecule has 0 spiro atoms. The number of carbonyl (C=O) groups excluding carboxylic acids is 2. The Morgan fingerprint density at radius 2 is 2.08 bits per heavy atom. The zero-order valence-electron chi connectivity index (χ0n) is 16.0. The topological polar surface area (TPSA) is 79.9 Å². The fourth-order valence-electron chi connectivity index (χ4n) is 3.23. The van der Waals surface area contributed by atoms with Crippen molar-refractivity contribution in [3.8, 4) is 11.5 Å². The molecule has 26 heavy (non-hydrogen) atoms. The second-order valence-electron chi connectivity index (χ2n) is 6.46. The minimum atomic E-state index is -0.252. The Balaban J connectivity index is 2.03. The van der Waals surface area contributed by atoms with E-state index in [1.807, 2.05) is 32.0 Å². The van der Waals surface area contributed by atoms with Gasteiger partial charge in [0.25, 0.3) is 0 Å². The van der Waals surface area contributed by atoms with Crippen LogP contribution in [0.5, 0.6) is 11.5 Å². The van der Waals surface area contributed by atoms with Crippen LogP contribution >= 0.6 is 0 Å². The van der Waals surface area contributed by atoms with E-state index >= 15 is 0 Å². The molecular formula is C19H29N3O4. The van der Waals surface area contributed by atoms with Crippen molar-refractivity contribution >= 4 is 11.9 Å². The molecule has 1 aromatic carbocycles. The average Bonchev–Trinajstić information content (AvgIpc) is 2.67. The fourth-order valence-corrected chi connectivity index (χ4v) is 3.23.